The Bertz CT molecular complexity index is 911. The first-order valence-electron chi connectivity index (χ1n) is 8.91. The zero-order chi connectivity index (χ0) is 21.1. The van der Waals surface area contributed by atoms with E-state index in [0.29, 0.717) is 25.7 Å². The van der Waals surface area contributed by atoms with Gasteiger partial charge in [-0.25, -0.2) is 27.5 Å². The van der Waals surface area contributed by atoms with Gasteiger partial charge in [0.2, 0.25) is 10.0 Å². The SMILES string of the molecule is O=S(=O)(Cc1ccc(C(F)(F)F)cc1)NC1CCC(Oc2ncc(F)cn2)CC1. The lowest BCUT2D eigenvalue weighted by Crippen LogP contribution is -2.40. The van der Waals surface area contributed by atoms with Crippen LogP contribution in [0.3, 0.4) is 0 Å². The van der Waals surface area contributed by atoms with Crippen LogP contribution in [0, 0.1) is 5.82 Å². The van der Waals surface area contributed by atoms with Crippen molar-refractivity contribution in [3.63, 3.8) is 0 Å². The average Bonchev–Trinajstić information content (AvgIpc) is 2.64. The highest BCUT2D eigenvalue weighted by Gasteiger charge is 2.30. The molecule has 2 aromatic rings. The van der Waals surface area contributed by atoms with Gasteiger partial charge in [0.15, 0.2) is 5.82 Å². The van der Waals surface area contributed by atoms with E-state index < -0.39 is 33.3 Å². The molecule has 1 N–H and O–H groups in total. The smallest absolute Gasteiger partial charge is 0.416 e. The van der Waals surface area contributed by atoms with Crippen molar-refractivity contribution in [3.8, 4) is 6.01 Å². The molecular formula is C18H19F4N3O3S. The van der Waals surface area contributed by atoms with Crippen LogP contribution in [-0.2, 0) is 22.0 Å². The lowest BCUT2D eigenvalue weighted by atomic mass is 9.94. The first-order valence-corrected chi connectivity index (χ1v) is 10.6. The van der Waals surface area contributed by atoms with Crippen molar-refractivity contribution in [2.75, 3.05) is 0 Å². The van der Waals surface area contributed by atoms with Gasteiger partial charge in [-0.2, -0.15) is 13.2 Å². The number of hydrogen-bond acceptors (Lipinski definition) is 5. The van der Waals surface area contributed by atoms with E-state index in [4.69, 9.17) is 4.74 Å². The molecule has 6 nitrogen and oxygen atoms in total. The normalized spacial score (nSPS) is 20.4. The van der Waals surface area contributed by atoms with Crippen LogP contribution in [0.2, 0.25) is 0 Å². The number of rotatable bonds is 6. The van der Waals surface area contributed by atoms with Gasteiger partial charge < -0.3 is 4.74 Å². The van der Waals surface area contributed by atoms with Crippen molar-refractivity contribution in [3.05, 3.63) is 53.6 Å². The molecule has 1 aliphatic carbocycles. The molecule has 1 fully saturated rings. The van der Waals surface area contributed by atoms with Gasteiger partial charge in [0.25, 0.3) is 0 Å². The molecule has 0 unspecified atom stereocenters. The molecule has 0 radical (unpaired) electrons. The summed E-state index contributed by atoms with van der Waals surface area (Å²) in [5, 5.41) is 0. The van der Waals surface area contributed by atoms with Crippen LogP contribution < -0.4 is 9.46 Å². The highest BCUT2D eigenvalue weighted by atomic mass is 32.2. The number of aromatic nitrogens is 2. The van der Waals surface area contributed by atoms with E-state index in [2.05, 4.69) is 14.7 Å². The summed E-state index contributed by atoms with van der Waals surface area (Å²) < 4.78 is 83.4. The Labute approximate surface area is 165 Å². The summed E-state index contributed by atoms with van der Waals surface area (Å²) in [5.41, 5.74) is -0.550. The Hall–Kier alpha value is -2.27. The van der Waals surface area contributed by atoms with Crippen molar-refractivity contribution < 1.29 is 30.7 Å². The fraction of sp³-hybridized carbons (Fsp3) is 0.444. The highest BCUT2D eigenvalue weighted by Crippen LogP contribution is 2.29. The van der Waals surface area contributed by atoms with E-state index in [1.807, 2.05) is 0 Å². The van der Waals surface area contributed by atoms with Gasteiger partial charge in [0.1, 0.15) is 6.10 Å². The number of sulfonamides is 1. The van der Waals surface area contributed by atoms with Crippen LogP contribution in [0.15, 0.2) is 36.7 Å². The third-order valence-corrected chi connectivity index (χ3v) is 5.93. The predicted octanol–water partition coefficient (Wildman–Crippen LogP) is 3.44. The second-order valence-corrected chi connectivity index (χ2v) is 8.60. The van der Waals surface area contributed by atoms with Crippen LogP contribution >= 0.6 is 0 Å². The molecule has 1 aromatic heterocycles. The minimum Gasteiger partial charge on any atom is -0.460 e. The summed E-state index contributed by atoms with van der Waals surface area (Å²) in [6.07, 6.45) is -0.475. The number of alkyl halides is 3. The molecule has 1 aliphatic rings. The van der Waals surface area contributed by atoms with Crippen LogP contribution in [0.25, 0.3) is 0 Å². The summed E-state index contributed by atoms with van der Waals surface area (Å²) in [5.74, 6) is -0.964. The number of nitrogens with one attached hydrogen (secondary N) is 1. The second-order valence-electron chi connectivity index (χ2n) is 6.85. The summed E-state index contributed by atoms with van der Waals surface area (Å²) >= 11 is 0. The number of ether oxygens (including phenoxy) is 1. The molecule has 11 heteroatoms. The fourth-order valence-electron chi connectivity index (χ4n) is 3.11. The quantitative estimate of drug-likeness (QED) is 0.706. The Kier molecular flexibility index (Phi) is 6.37. The lowest BCUT2D eigenvalue weighted by Gasteiger charge is -2.28. The first kappa shape index (κ1) is 21.4. The van der Waals surface area contributed by atoms with E-state index in [1.54, 1.807) is 0 Å². The molecular weight excluding hydrogens is 414 g/mol. The monoisotopic (exact) mass is 433 g/mol. The van der Waals surface area contributed by atoms with Gasteiger partial charge in [-0.1, -0.05) is 12.1 Å². The molecule has 3 rings (SSSR count). The zero-order valence-electron chi connectivity index (χ0n) is 15.2. The molecule has 0 atom stereocenters. The number of hydrogen-bond donors (Lipinski definition) is 1. The molecule has 158 valence electrons. The van der Waals surface area contributed by atoms with Gasteiger partial charge in [-0.15, -0.1) is 0 Å². The summed E-state index contributed by atoms with van der Waals surface area (Å²) in [4.78, 5) is 7.46. The minimum atomic E-state index is -4.46. The number of benzene rings is 1. The maximum atomic E-state index is 12.8. The second kappa shape index (κ2) is 8.62. The number of nitrogens with zero attached hydrogens (tertiary/aromatic N) is 2. The van der Waals surface area contributed by atoms with E-state index in [0.717, 1.165) is 36.7 Å². The molecule has 1 saturated carbocycles. The maximum Gasteiger partial charge on any atom is 0.416 e. The third kappa shape index (κ3) is 6.36. The molecule has 0 amide bonds. The van der Waals surface area contributed by atoms with E-state index in [-0.39, 0.29) is 23.7 Å². The van der Waals surface area contributed by atoms with Crippen LogP contribution in [-0.4, -0.2) is 30.5 Å². The van der Waals surface area contributed by atoms with Crippen LogP contribution in [0.4, 0.5) is 17.6 Å². The Morgan fingerprint density at radius 3 is 2.17 bits per heavy atom. The highest BCUT2D eigenvalue weighted by molar-refractivity contribution is 7.88. The minimum absolute atomic E-state index is 0.0673. The molecule has 0 aliphatic heterocycles. The van der Waals surface area contributed by atoms with Crippen molar-refractivity contribution in [1.29, 1.82) is 0 Å². The molecule has 29 heavy (non-hydrogen) atoms. The van der Waals surface area contributed by atoms with E-state index in [9.17, 15) is 26.0 Å². The molecule has 0 spiro atoms. The molecule has 1 heterocycles. The Balaban J connectivity index is 1.49. The van der Waals surface area contributed by atoms with Gasteiger partial charge in [-0.3, -0.25) is 0 Å². The van der Waals surface area contributed by atoms with Crippen LogP contribution in [0.1, 0.15) is 36.8 Å². The van der Waals surface area contributed by atoms with Gasteiger partial charge in [-0.05, 0) is 43.4 Å². The van der Waals surface area contributed by atoms with Gasteiger partial charge in [0.05, 0.1) is 23.7 Å². The summed E-state index contributed by atoms with van der Waals surface area (Å²) in [7, 11) is -3.70. The summed E-state index contributed by atoms with van der Waals surface area (Å²) in [6, 6.07) is 3.84. The van der Waals surface area contributed by atoms with Crippen molar-refractivity contribution in [2.45, 2.75) is 49.8 Å². The predicted molar refractivity (Wildman–Crippen MR) is 95.9 cm³/mol. The largest absolute Gasteiger partial charge is 0.460 e. The summed E-state index contributed by atoms with van der Waals surface area (Å²) in [6.45, 7) is 0. The van der Waals surface area contributed by atoms with E-state index >= 15 is 0 Å². The molecule has 0 saturated heterocycles. The standard InChI is InChI=1S/C18H19F4N3O3S/c19-14-9-23-17(24-10-14)28-16-7-5-15(6-8-16)25-29(26,27)11-12-1-3-13(4-2-12)18(20,21)22/h1-4,9-10,15-16,25H,5-8,11H2. The van der Waals surface area contributed by atoms with Gasteiger partial charge >= 0.3 is 12.2 Å². The van der Waals surface area contributed by atoms with Crippen LogP contribution in [0.5, 0.6) is 6.01 Å². The van der Waals surface area contributed by atoms with E-state index in [1.165, 1.54) is 0 Å². The topological polar surface area (TPSA) is 81.2 Å². The van der Waals surface area contributed by atoms with Crippen molar-refractivity contribution in [1.82, 2.24) is 14.7 Å². The number of halogens is 4. The van der Waals surface area contributed by atoms with Crippen molar-refractivity contribution >= 4 is 10.0 Å². The molecule has 0 bridgehead atoms. The van der Waals surface area contributed by atoms with Crippen molar-refractivity contribution in [2.24, 2.45) is 0 Å². The molecule has 1 aromatic carbocycles. The van der Waals surface area contributed by atoms with Gasteiger partial charge in [0, 0.05) is 6.04 Å². The Morgan fingerprint density at radius 1 is 1.03 bits per heavy atom. The third-order valence-electron chi connectivity index (χ3n) is 4.53. The zero-order valence-corrected chi connectivity index (χ0v) is 16.0. The Morgan fingerprint density at radius 2 is 1.62 bits per heavy atom. The average molecular weight is 433 g/mol. The lowest BCUT2D eigenvalue weighted by molar-refractivity contribution is -0.137. The first-order chi connectivity index (χ1) is 13.6. The maximum absolute atomic E-state index is 12.8. The fourth-order valence-corrected chi connectivity index (χ4v) is 4.57.